The number of aliphatic hydroxyl groups is 1. The van der Waals surface area contributed by atoms with E-state index in [9.17, 15) is 9.50 Å². The second-order valence-corrected chi connectivity index (χ2v) is 5.60. The van der Waals surface area contributed by atoms with Crippen molar-refractivity contribution in [3.05, 3.63) is 89.9 Å². The number of pyridine rings is 1. The van der Waals surface area contributed by atoms with E-state index in [1.807, 2.05) is 48.5 Å². The highest BCUT2D eigenvalue weighted by molar-refractivity contribution is 6.08. The Morgan fingerprint density at radius 2 is 1.42 bits per heavy atom. The summed E-state index contributed by atoms with van der Waals surface area (Å²) < 4.78 is 13.0. The van der Waals surface area contributed by atoms with E-state index >= 15 is 0 Å². The minimum absolute atomic E-state index is 0.0583. The lowest BCUT2D eigenvalue weighted by Crippen LogP contribution is -1.90. The van der Waals surface area contributed by atoms with Gasteiger partial charge in [0.2, 0.25) is 0 Å². The van der Waals surface area contributed by atoms with Crippen LogP contribution in [0, 0.1) is 5.82 Å². The zero-order valence-electron chi connectivity index (χ0n) is 12.8. The molecule has 0 aliphatic rings. The number of fused-ring (bicyclic) bond motifs is 3. The Balaban J connectivity index is 1.95. The Morgan fingerprint density at radius 3 is 2.17 bits per heavy atom. The fourth-order valence-corrected chi connectivity index (χ4v) is 2.87. The van der Waals surface area contributed by atoms with Crippen molar-refractivity contribution in [1.29, 1.82) is 0 Å². The third-order valence-electron chi connectivity index (χ3n) is 4.05. The first kappa shape index (κ1) is 14.4. The summed E-state index contributed by atoms with van der Waals surface area (Å²) in [4.78, 5) is 4.68. The third-order valence-corrected chi connectivity index (χ3v) is 4.05. The van der Waals surface area contributed by atoms with Crippen LogP contribution in [-0.4, -0.2) is 10.1 Å². The fourth-order valence-electron chi connectivity index (χ4n) is 2.87. The summed E-state index contributed by atoms with van der Waals surface area (Å²) >= 11 is 0. The Labute approximate surface area is 138 Å². The number of rotatable bonds is 2. The second-order valence-electron chi connectivity index (χ2n) is 5.60. The van der Waals surface area contributed by atoms with Crippen LogP contribution in [0.25, 0.3) is 33.5 Å². The quantitative estimate of drug-likeness (QED) is 0.387. The minimum Gasteiger partial charge on any atom is -0.507 e. The molecule has 3 heteroatoms. The van der Waals surface area contributed by atoms with E-state index < -0.39 is 0 Å². The first-order chi connectivity index (χ1) is 11.7. The maximum absolute atomic E-state index is 13.0. The van der Waals surface area contributed by atoms with Crippen LogP contribution in [0.2, 0.25) is 0 Å². The lowest BCUT2D eigenvalue weighted by Gasteiger charge is -2.08. The van der Waals surface area contributed by atoms with Gasteiger partial charge in [-0.1, -0.05) is 42.5 Å². The lowest BCUT2D eigenvalue weighted by atomic mass is 10.0. The van der Waals surface area contributed by atoms with Crippen molar-refractivity contribution in [1.82, 2.24) is 4.98 Å². The predicted molar refractivity (Wildman–Crippen MR) is 96.1 cm³/mol. The first-order valence-electron chi connectivity index (χ1n) is 7.66. The smallest absolute Gasteiger partial charge is 0.124 e. The van der Waals surface area contributed by atoms with Crippen molar-refractivity contribution in [2.75, 3.05) is 0 Å². The van der Waals surface area contributed by atoms with Crippen LogP contribution in [0.4, 0.5) is 4.39 Å². The molecule has 4 rings (SSSR count). The maximum atomic E-state index is 13.0. The van der Waals surface area contributed by atoms with E-state index in [1.54, 1.807) is 18.2 Å². The second kappa shape index (κ2) is 5.78. The molecular weight excluding hydrogens is 301 g/mol. The van der Waals surface area contributed by atoms with Crippen molar-refractivity contribution in [3.63, 3.8) is 0 Å². The lowest BCUT2D eigenvalue weighted by molar-refractivity contribution is 0.515. The van der Waals surface area contributed by atoms with Crippen LogP contribution >= 0.6 is 0 Å². The summed E-state index contributed by atoms with van der Waals surface area (Å²) in [5, 5.41) is 13.5. The van der Waals surface area contributed by atoms with Gasteiger partial charge < -0.3 is 5.11 Å². The molecule has 0 aliphatic carbocycles. The molecule has 0 fully saturated rings. The standard InChI is InChI=1S/C21H14FNO/c22-15-11-9-14(10-12-15)21(24)13-20-18-7-2-1-5-16(18)17-6-3-4-8-19(17)23-20/h1-13,24H/b21-13-. The third kappa shape index (κ3) is 2.50. The van der Waals surface area contributed by atoms with Gasteiger partial charge in [-0.25, -0.2) is 9.37 Å². The molecule has 0 saturated carbocycles. The molecular formula is C21H14FNO. The Hall–Kier alpha value is -3.20. The van der Waals surface area contributed by atoms with Gasteiger partial charge in [-0.15, -0.1) is 0 Å². The van der Waals surface area contributed by atoms with E-state index in [2.05, 4.69) is 4.98 Å². The molecule has 0 aliphatic heterocycles. The molecule has 4 aromatic rings. The number of aliphatic hydroxyl groups excluding tert-OH is 1. The van der Waals surface area contributed by atoms with Crippen LogP contribution in [0.15, 0.2) is 72.8 Å². The Bertz CT molecular complexity index is 1070. The van der Waals surface area contributed by atoms with Gasteiger partial charge in [-0.05, 0) is 35.7 Å². The van der Waals surface area contributed by atoms with Gasteiger partial charge >= 0.3 is 0 Å². The van der Waals surface area contributed by atoms with Gasteiger partial charge in [-0.2, -0.15) is 0 Å². The molecule has 0 saturated heterocycles. The zero-order chi connectivity index (χ0) is 16.5. The van der Waals surface area contributed by atoms with Crippen molar-refractivity contribution >= 4 is 33.5 Å². The molecule has 0 atom stereocenters. The van der Waals surface area contributed by atoms with Gasteiger partial charge in [0.1, 0.15) is 11.6 Å². The van der Waals surface area contributed by atoms with Crippen LogP contribution in [-0.2, 0) is 0 Å². The summed E-state index contributed by atoms with van der Waals surface area (Å²) in [5.41, 5.74) is 2.11. The maximum Gasteiger partial charge on any atom is 0.124 e. The largest absolute Gasteiger partial charge is 0.507 e. The van der Waals surface area contributed by atoms with Gasteiger partial charge in [-0.3, -0.25) is 0 Å². The summed E-state index contributed by atoms with van der Waals surface area (Å²) in [6, 6.07) is 21.6. The normalized spacial score (nSPS) is 12.0. The topological polar surface area (TPSA) is 33.1 Å². The number of halogens is 1. The average molecular weight is 315 g/mol. The van der Waals surface area contributed by atoms with Crippen LogP contribution in [0.3, 0.4) is 0 Å². The first-order valence-corrected chi connectivity index (χ1v) is 7.66. The number of nitrogens with zero attached hydrogens (tertiary/aromatic N) is 1. The molecule has 3 aromatic carbocycles. The Morgan fingerprint density at radius 1 is 0.792 bits per heavy atom. The highest BCUT2D eigenvalue weighted by atomic mass is 19.1. The van der Waals surface area contributed by atoms with Gasteiger partial charge in [0.05, 0.1) is 11.2 Å². The summed E-state index contributed by atoms with van der Waals surface area (Å²) in [6.07, 6.45) is 1.63. The van der Waals surface area contributed by atoms with Gasteiger partial charge in [0, 0.05) is 22.4 Å². The van der Waals surface area contributed by atoms with Crippen molar-refractivity contribution < 1.29 is 9.50 Å². The molecule has 0 unspecified atom stereocenters. The summed E-state index contributed by atoms with van der Waals surface area (Å²) in [6.45, 7) is 0. The molecule has 0 spiro atoms. The monoisotopic (exact) mass is 315 g/mol. The number of para-hydroxylation sites is 1. The molecule has 1 N–H and O–H groups in total. The van der Waals surface area contributed by atoms with E-state index in [4.69, 9.17) is 0 Å². The van der Waals surface area contributed by atoms with Crippen LogP contribution in [0.5, 0.6) is 0 Å². The summed E-state index contributed by atoms with van der Waals surface area (Å²) in [7, 11) is 0. The Kier molecular flexibility index (Phi) is 3.47. The van der Waals surface area contributed by atoms with Crippen molar-refractivity contribution in [2.45, 2.75) is 0 Å². The van der Waals surface area contributed by atoms with Gasteiger partial charge in [0.25, 0.3) is 0 Å². The molecule has 24 heavy (non-hydrogen) atoms. The molecule has 2 nitrogen and oxygen atoms in total. The number of hydrogen-bond donors (Lipinski definition) is 1. The number of benzene rings is 3. The summed E-state index contributed by atoms with van der Waals surface area (Å²) in [5.74, 6) is -0.274. The van der Waals surface area contributed by atoms with Crippen LogP contribution < -0.4 is 0 Å². The fraction of sp³-hybridized carbons (Fsp3) is 0. The molecule has 0 radical (unpaired) electrons. The van der Waals surface area contributed by atoms with E-state index in [1.165, 1.54) is 12.1 Å². The SMILES string of the molecule is O/C(=C\c1nc2ccccc2c2ccccc12)c1ccc(F)cc1. The van der Waals surface area contributed by atoms with Crippen LogP contribution in [0.1, 0.15) is 11.3 Å². The molecule has 0 amide bonds. The molecule has 1 heterocycles. The van der Waals surface area contributed by atoms with Crippen molar-refractivity contribution in [2.24, 2.45) is 0 Å². The van der Waals surface area contributed by atoms with Gasteiger partial charge in [0.15, 0.2) is 0 Å². The van der Waals surface area contributed by atoms with E-state index in [0.717, 1.165) is 21.7 Å². The highest BCUT2D eigenvalue weighted by Crippen LogP contribution is 2.28. The highest BCUT2D eigenvalue weighted by Gasteiger charge is 2.08. The number of aromatic nitrogens is 1. The van der Waals surface area contributed by atoms with E-state index in [-0.39, 0.29) is 11.6 Å². The van der Waals surface area contributed by atoms with E-state index in [0.29, 0.717) is 11.3 Å². The molecule has 0 bridgehead atoms. The number of hydrogen-bond acceptors (Lipinski definition) is 2. The zero-order valence-corrected chi connectivity index (χ0v) is 12.8. The average Bonchev–Trinajstić information content (AvgIpc) is 2.62. The van der Waals surface area contributed by atoms with Crippen molar-refractivity contribution in [3.8, 4) is 0 Å². The predicted octanol–water partition coefficient (Wildman–Crippen LogP) is 5.58. The molecule has 1 aromatic heterocycles. The minimum atomic E-state index is -0.333. The molecule has 116 valence electrons.